The lowest BCUT2D eigenvalue weighted by Gasteiger charge is -2.33. The molecule has 4 rings (SSSR count). The number of rotatable bonds is 6. The Morgan fingerprint density at radius 2 is 1.81 bits per heavy atom. The maximum absolute atomic E-state index is 13.4. The minimum absolute atomic E-state index is 0.111. The van der Waals surface area contributed by atoms with Crippen LogP contribution < -0.4 is 0 Å². The Bertz CT molecular complexity index is 848. The first-order chi connectivity index (χ1) is 13.2. The summed E-state index contributed by atoms with van der Waals surface area (Å²) < 4.78 is 21.2. The van der Waals surface area contributed by atoms with Crippen molar-refractivity contribution in [2.24, 2.45) is 0 Å². The third-order valence-corrected chi connectivity index (χ3v) is 4.91. The van der Waals surface area contributed by atoms with Gasteiger partial charge in [0.2, 0.25) is 0 Å². The van der Waals surface area contributed by atoms with Crippen LogP contribution >= 0.6 is 0 Å². The summed E-state index contributed by atoms with van der Waals surface area (Å²) in [6, 6.07) is 17.5. The summed E-state index contributed by atoms with van der Waals surface area (Å²) >= 11 is 0. The fourth-order valence-corrected chi connectivity index (χ4v) is 3.56. The van der Waals surface area contributed by atoms with Crippen LogP contribution in [0.3, 0.4) is 0 Å². The largest absolute Gasteiger partial charge is 0.375 e. The molecule has 0 unspecified atom stereocenters. The summed E-state index contributed by atoms with van der Waals surface area (Å²) in [7, 11) is 0. The van der Waals surface area contributed by atoms with Crippen molar-refractivity contribution in [2.75, 3.05) is 19.7 Å². The zero-order valence-electron chi connectivity index (χ0n) is 15.3. The van der Waals surface area contributed by atoms with Crippen molar-refractivity contribution in [2.45, 2.75) is 25.6 Å². The fourth-order valence-electron chi connectivity index (χ4n) is 3.56. The highest BCUT2D eigenvalue weighted by atomic mass is 19.1. The van der Waals surface area contributed by atoms with E-state index in [0.29, 0.717) is 0 Å². The number of hydrogen-bond acceptors (Lipinski definition) is 3. The van der Waals surface area contributed by atoms with Gasteiger partial charge in [0, 0.05) is 32.0 Å². The molecule has 0 aliphatic carbocycles. The summed E-state index contributed by atoms with van der Waals surface area (Å²) in [6.07, 6.45) is 4.63. The van der Waals surface area contributed by atoms with Gasteiger partial charge in [-0.05, 0) is 41.3 Å². The summed E-state index contributed by atoms with van der Waals surface area (Å²) in [4.78, 5) is 2.41. The van der Waals surface area contributed by atoms with Crippen molar-refractivity contribution in [1.82, 2.24) is 14.7 Å². The van der Waals surface area contributed by atoms with E-state index in [2.05, 4.69) is 34.3 Å². The molecule has 2 aromatic carbocycles. The van der Waals surface area contributed by atoms with Gasteiger partial charge in [0.15, 0.2) is 0 Å². The van der Waals surface area contributed by atoms with E-state index in [1.54, 1.807) is 18.3 Å². The van der Waals surface area contributed by atoms with Crippen LogP contribution in [0.1, 0.15) is 16.7 Å². The molecule has 1 atom stereocenters. The summed E-state index contributed by atoms with van der Waals surface area (Å²) in [5, 5.41) is 4.25. The van der Waals surface area contributed by atoms with Gasteiger partial charge >= 0.3 is 0 Å². The first-order valence-corrected chi connectivity index (χ1v) is 9.38. The van der Waals surface area contributed by atoms with Crippen LogP contribution in [-0.4, -0.2) is 40.5 Å². The van der Waals surface area contributed by atoms with Crippen molar-refractivity contribution < 1.29 is 9.13 Å². The van der Waals surface area contributed by atoms with E-state index in [4.69, 9.17) is 4.74 Å². The Labute approximate surface area is 159 Å². The minimum atomic E-state index is -0.185. The average molecular weight is 365 g/mol. The lowest BCUT2D eigenvalue weighted by molar-refractivity contribution is -0.0305. The average Bonchev–Trinajstić information content (AvgIpc) is 3.17. The highest BCUT2D eigenvalue weighted by Gasteiger charge is 2.21. The van der Waals surface area contributed by atoms with Gasteiger partial charge in [-0.3, -0.25) is 9.58 Å². The maximum Gasteiger partial charge on any atom is 0.123 e. The molecule has 0 bridgehead atoms. The molecule has 1 fully saturated rings. The van der Waals surface area contributed by atoms with Gasteiger partial charge in [-0.15, -0.1) is 0 Å². The van der Waals surface area contributed by atoms with E-state index in [0.717, 1.165) is 44.8 Å². The summed E-state index contributed by atoms with van der Waals surface area (Å²) in [6.45, 7) is 4.21. The Morgan fingerprint density at radius 3 is 2.56 bits per heavy atom. The molecule has 5 heteroatoms. The van der Waals surface area contributed by atoms with Crippen LogP contribution in [0.2, 0.25) is 0 Å². The third kappa shape index (κ3) is 5.02. The molecule has 27 heavy (non-hydrogen) atoms. The maximum atomic E-state index is 13.4. The van der Waals surface area contributed by atoms with Crippen molar-refractivity contribution in [3.05, 3.63) is 89.5 Å². The van der Waals surface area contributed by atoms with E-state index in [-0.39, 0.29) is 11.9 Å². The first-order valence-electron chi connectivity index (χ1n) is 9.38. The van der Waals surface area contributed by atoms with Gasteiger partial charge in [0.25, 0.3) is 0 Å². The van der Waals surface area contributed by atoms with E-state index < -0.39 is 0 Å². The monoisotopic (exact) mass is 365 g/mol. The molecular formula is C22H24FN3O. The predicted octanol–water partition coefficient (Wildman–Crippen LogP) is 3.51. The second-order valence-electron chi connectivity index (χ2n) is 7.08. The molecule has 140 valence electrons. The molecule has 0 saturated carbocycles. The van der Waals surface area contributed by atoms with Crippen LogP contribution in [0.25, 0.3) is 0 Å². The topological polar surface area (TPSA) is 30.3 Å². The zero-order valence-corrected chi connectivity index (χ0v) is 15.3. The molecule has 1 aliphatic rings. The molecule has 0 N–H and O–H groups in total. The van der Waals surface area contributed by atoms with Crippen LogP contribution in [0.15, 0.2) is 67.0 Å². The molecular weight excluding hydrogens is 341 g/mol. The van der Waals surface area contributed by atoms with E-state index in [1.807, 2.05) is 23.0 Å². The van der Waals surface area contributed by atoms with Crippen LogP contribution in [-0.2, 0) is 24.2 Å². The van der Waals surface area contributed by atoms with Gasteiger partial charge in [-0.25, -0.2) is 4.39 Å². The number of morpholine rings is 1. The summed E-state index contributed by atoms with van der Waals surface area (Å²) in [5.41, 5.74) is 3.53. The Kier molecular flexibility index (Phi) is 5.61. The highest BCUT2D eigenvalue weighted by Crippen LogP contribution is 2.16. The molecule has 1 aromatic heterocycles. The number of ether oxygens (including phenoxy) is 1. The second-order valence-corrected chi connectivity index (χ2v) is 7.08. The van der Waals surface area contributed by atoms with E-state index >= 15 is 0 Å². The Morgan fingerprint density at radius 1 is 1.00 bits per heavy atom. The van der Waals surface area contributed by atoms with Crippen molar-refractivity contribution in [1.29, 1.82) is 0 Å². The lowest BCUT2D eigenvalue weighted by Crippen LogP contribution is -2.42. The molecule has 3 aromatic rings. The quantitative estimate of drug-likeness (QED) is 0.670. The number of halogens is 1. The van der Waals surface area contributed by atoms with Gasteiger partial charge in [0.05, 0.1) is 19.3 Å². The summed E-state index contributed by atoms with van der Waals surface area (Å²) in [5.74, 6) is -0.185. The normalized spacial score (nSPS) is 17.9. The Balaban J connectivity index is 1.32. The molecule has 4 nitrogen and oxygen atoms in total. The van der Waals surface area contributed by atoms with Crippen LogP contribution in [0, 0.1) is 5.82 Å². The predicted molar refractivity (Wildman–Crippen MR) is 103 cm³/mol. The van der Waals surface area contributed by atoms with Crippen LogP contribution in [0.5, 0.6) is 0 Å². The minimum Gasteiger partial charge on any atom is -0.375 e. The van der Waals surface area contributed by atoms with Gasteiger partial charge in [-0.1, -0.05) is 36.4 Å². The van der Waals surface area contributed by atoms with Crippen molar-refractivity contribution >= 4 is 0 Å². The lowest BCUT2D eigenvalue weighted by atomic mass is 10.1. The number of hydrogen-bond donors (Lipinski definition) is 0. The molecule has 1 saturated heterocycles. The molecule has 0 spiro atoms. The van der Waals surface area contributed by atoms with Gasteiger partial charge < -0.3 is 4.74 Å². The highest BCUT2D eigenvalue weighted by molar-refractivity contribution is 5.23. The van der Waals surface area contributed by atoms with E-state index in [9.17, 15) is 4.39 Å². The van der Waals surface area contributed by atoms with E-state index in [1.165, 1.54) is 17.2 Å². The third-order valence-electron chi connectivity index (χ3n) is 4.91. The molecule has 1 aliphatic heterocycles. The van der Waals surface area contributed by atoms with Gasteiger partial charge in [0.1, 0.15) is 5.82 Å². The number of benzene rings is 2. The SMILES string of the molecule is Fc1cccc(C[C@H]2CN(Cc3ccc(Cn4cccn4)cc3)CCO2)c1. The number of nitrogens with zero attached hydrogens (tertiary/aromatic N) is 3. The fraction of sp³-hybridized carbons (Fsp3) is 0.318. The van der Waals surface area contributed by atoms with Gasteiger partial charge in [-0.2, -0.15) is 5.10 Å². The van der Waals surface area contributed by atoms with Crippen molar-refractivity contribution in [3.8, 4) is 0 Å². The zero-order chi connectivity index (χ0) is 18.5. The van der Waals surface area contributed by atoms with Crippen molar-refractivity contribution in [3.63, 3.8) is 0 Å². The second kappa shape index (κ2) is 8.46. The molecule has 2 heterocycles. The molecule has 0 radical (unpaired) electrons. The Hall–Kier alpha value is -2.50. The first kappa shape index (κ1) is 17.9. The van der Waals surface area contributed by atoms with Crippen LogP contribution in [0.4, 0.5) is 4.39 Å². The number of aromatic nitrogens is 2. The molecule has 0 amide bonds. The standard InChI is InChI=1S/C22H24FN3O/c23-21-4-1-3-20(13-21)14-22-17-25(11-12-27-22)15-18-5-7-19(8-6-18)16-26-10-2-9-24-26/h1-10,13,22H,11-12,14-17H2/t22-/m0/s1. The smallest absolute Gasteiger partial charge is 0.123 e.